The minimum absolute atomic E-state index is 0.288. The van der Waals surface area contributed by atoms with Crippen LogP contribution >= 0.6 is 12.2 Å². The van der Waals surface area contributed by atoms with Crippen molar-refractivity contribution in [3.8, 4) is 17.1 Å². The standard InChI is InChI=1S/C14H13N3OS/c1-9-3-4-10(2)17(9)12-7-5-11(6-8-12)13-15-16-14(19)18-13/h3-8H,1-2H3,(H,16,19). The summed E-state index contributed by atoms with van der Waals surface area (Å²) in [6.45, 7) is 4.18. The van der Waals surface area contributed by atoms with Gasteiger partial charge in [-0.25, -0.2) is 5.10 Å². The summed E-state index contributed by atoms with van der Waals surface area (Å²) < 4.78 is 7.49. The molecule has 1 N–H and O–H groups in total. The summed E-state index contributed by atoms with van der Waals surface area (Å²) in [6.07, 6.45) is 0. The average molecular weight is 271 g/mol. The van der Waals surface area contributed by atoms with Crippen LogP contribution in [0, 0.1) is 18.7 Å². The minimum atomic E-state index is 0.288. The Morgan fingerprint density at radius 2 is 1.68 bits per heavy atom. The molecule has 0 spiro atoms. The molecule has 0 atom stereocenters. The summed E-state index contributed by atoms with van der Waals surface area (Å²) in [5.74, 6) is 0.512. The molecule has 0 bridgehead atoms. The van der Waals surface area contributed by atoms with Crippen molar-refractivity contribution in [2.75, 3.05) is 0 Å². The third kappa shape index (κ3) is 2.13. The molecule has 0 radical (unpaired) electrons. The van der Waals surface area contributed by atoms with E-state index in [1.54, 1.807) is 0 Å². The SMILES string of the molecule is Cc1ccc(C)n1-c1ccc(-c2n[nH]c(=S)o2)cc1. The second-order valence-corrected chi connectivity index (χ2v) is 4.79. The number of hydrogen-bond acceptors (Lipinski definition) is 3. The minimum Gasteiger partial charge on any atom is -0.409 e. The van der Waals surface area contributed by atoms with Crippen LogP contribution in [0.3, 0.4) is 0 Å². The summed E-state index contributed by atoms with van der Waals surface area (Å²) in [5, 5.41) is 6.63. The molecule has 19 heavy (non-hydrogen) atoms. The highest BCUT2D eigenvalue weighted by Crippen LogP contribution is 2.21. The van der Waals surface area contributed by atoms with Crippen LogP contribution in [0.15, 0.2) is 40.8 Å². The van der Waals surface area contributed by atoms with Gasteiger partial charge in [-0.2, -0.15) is 0 Å². The van der Waals surface area contributed by atoms with Gasteiger partial charge in [-0.05, 0) is 62.5 Å². The first-order chi connectivity index (χ1) is 9.15. The summed E-state index contributed by atoms with van der Waals surface area (Å²) >= 11 is 4.87. The molecule has 0 amide bonds. The van der Waals surface area contributed by atoms with Crippen molar-refractivity contribution in [1.82, 2.24) is 14.8 Å². The van der Waals surface area contributed by atoms with E-state index < -0.39 is 0 Å². The molecule has 0 aliphatic rings. The number of aryl methyl sites for hydroxylation is 2. The third-order valence-electron chi connectivity index (χ3n) is 3.08. The summed E-state index contributed by atoms with van der Waals surface area (Å²) in [7, 11) is 0. The second kappa shape index (κ2) is 4.51. The van der Waals surface area contributed by atoms with Crippen LogP contribution in [0.2, 0.25) is 0 Å². The molecule has 5 heteroatoms. The molecule has 2 heterocycles. The Morgan fingerprint density at radius 3 is 2.21 bits per heavy atom. The van der Waals surface area contributed by atoms with Crippen LogP contribution in [0.5, 0.6) is 0 Å². The van der Waals surface area contributed by atoms with Crippen LogP contribution in [-0.4, -0.2) is 14.8 Å². The predicted octanol–water partition coefficient (Wildman–Crippen LogP) is 3.81. The molecule has 3 rings (SSSR count). The monoisotopic (exact) mass is 271 g/mol. The van der Waals surface area contributed by atoms with Gasteiger partial charge in [0.2, 0.25) is 5.89 Å². The van der Waals surface area contributed by atoms with Crippen LogP contribution in [0.25, 0.3) is 17.1 Å². The van der Waals surface area contributed by atoms with Crippen LogP contribution in [0.1, 0.15) is 11.4 Å². The molecule has 0 saturated carbocycles. The molecular weight excluding hydrogens is 258 g/mol. The maximum atomic E-state index is 5.29. The predicted molar refractivity (Wildman–Crippen MR) is 75.9 cm³/mol. The largest absolute Gasteiger partial charge is 0.409 e. The number of H-pyrrole nitrogens is 1. The van der Waals surface area contributed by atoms with Crippen molar-refractivity contribution < 1.29 is 4.42 Å². The summed E-state index contributed by atoms with van der Waals surface area (Å²) in [6, 6.07) is 12.3. The zero-order valence-corrected chi connectivity index (χ0v) is 11.5. The van der Waals surface area contributed by atoms with E-state index in [9.17, 15) is 0 Å². The summed E-state index contributed by atoms with van der Waals surface area (Å²) in [5.41, 5.74) is 4.45. The number of nitrogens with zero attached hydrogens (tertiary/aromatic N) is 2. The fraction of sp³-hybridized carbons (Fsp3) is 0.143. The highest BCUT2D eigenvalue weighted by Gasteiger charge is 2.06. The molecule has 0 aliphatic carbocycles. The van der Waals surface area contributed by atoms with Gasteiger partial charge in [0, 0.05) is 22.6 Å². The van der Waals surface area contributed by atoms with Crippen molar-refractivity contribution in [2.45, 2.75) is 13.8 Å². The number of hydrogen-bond donors (Lipinski definition) is 1. The van der Waals surface area contributed by atoms with E-state index in [0.29, 0.717) is 5.89 Å². The van der Waals surface area contributed by atoms with Crippen LogP contribution in [0.4, 0.5) is 0 Å². The lowest BCUT2D eigenvalue weighted by Crippen LogP contribution is -1.98. The highest BCUT2D eigenvalue weighted by molar-refractivity contribution is 7.71. The van der Waals surface area contributed by atoms with Crippen LogP contribution < -0.4 is 0 Å². The first-order valence-corrected chi connectivity index (χ1v) is 6.37. The quantitative estimate of drug-likeness (QED) is 0.721. The van der Waals surface area contributed by atoms with Gasteiger partial charge in [0.15, 0.2) is 0 Å². The van der Waals surface area contributed by atoms with E-state index in [0.717, 1.165) is 11.3 Å². The molecular formula is C14H13N3OS. The smallest absolute Gasteiger partial charge is 0.284 e. The molecule has 0 fully saturated rings. The number of rotatable bonds is 2. The van der Waals surface area contributed by atoms with Crippen molar-refractivity contribution in [3.05, 3.63) is 52.6 Å². The average Bonchev–Trinajstić information content (AvgIpc) is 2.97. The third-order valence-corrected chi connectivity index (χ3v) is 3.26. The lowest BCUT2D eigenvalue weighted by Gasteiger charge is -2.09. The first-order valence-electron chi connectivity index (χ1n) is 5.96. The molecule has 3 aromatic rings. The normalized spacial score (nSPS) is 10.8. The molecule has 2 aromatic heterocycles. The van der Waals surface area contributed by atoms with Crippen molar-refractivity contribution >= 4 is 12.2 Å². The zero-order chi connectivity index (χ0) is 13.4. The van der Waals surface area contributed by atoms with E-state index in [-0.39, 0.29) is 4.84 Å². The fourth-order valence-electron chi connectivity index (χ4n) is 2.18. The van der Waals surface area contributed by atoms with Gasteiger partial charge >= 0.3 is 0 Å². The van der Waals surface area contributed by atoms with Gasteiger partial charge in [-0.15, -0.1) is 5.10 Å². The summed E-state index contributed by atoms with van der Waals surface area (Å²) in [4.78, 5) is 0.288. The van der Waals surface area contributed by atoms with Gasteiger partial charge in [-0.3, -0.25) is 0 Å². The van der Waals surface area contributed by atoms with Gasteiger partial charge in [0.25, 0.3) is 4.84 Å². The molecule has 0 saturated heterocycles. The van der Waals surface area contributed by atoms with E-state index in [1.807, 2.05) is 24.3 Å². The maximum Gasteiger partial charge on any atom is 0.284 e. The number of aromatic nitrogens is 3. The lowest BCUT2D eigenvalue weighted by molar-refractivity contribution is 0.552. The van der Waals surface area contributed by atoms with Crippen molar-refractivity contribution in [3.63, 3.8) is 0 Å². The van der Waals surface area contributed by atoms with E-state index in [2.05, 4.69) is 40.7 Å². The van der Waals surface area contributed by atoms with E-state index in [4.69, 9.17) is 16.6 Å². The van der Waals surface area contributed by atoms with Gasteiger partial charge in [-0.1, -0.05) is 0 Å². The number of benzene rings is 1. The Bertz CT molecular complexity index is 745. The molecule has 0 aliphatic heterocycles. The Hall–Kier alpha value is -2.14. The van der Waals surface area contributed by atoms with Gasteiger partial charge in [0.05, 0.1) is 0 Å². The molecule has 1 aromatic carbocycles. The number of aromatic amines is 1. The Kier molecular flexibility index (Phi) is 2.83. The molecule has 96 valence electrons. The van der Waals surface area contributed by atoms with Gasteiger partial charge in [0.1, 0.15) is 0 Å². The van der Waals surface area contributed by atoms with Gasteiger partial charge < -0.3 is 8.98 Å². The van der Waals surface area contributed by atoms with Crippen molar-refractivity contribution in [2.24, 2.45) is 0 Å². The Labute approximate surface area is 115 Å². The molecule has 4 nitrogen and oxygen atoms in total. The van der Waals surface area contributed by atoms with Crippen molar-refractivity contribution in [1.29, 1.82) is 0 Å². The maximum absolute atomic E-state index is 5.29. The Balaban J connectivity index is 2.02. The fourth-order valence-corrected chi connectivity index (χ4v) is 2.31. The topological polar surface area (TPSA) is 46.8 Å². The highest BCUT2D eigenvalue weighted by atomic mass is 32.1. The lowest BCUT2D eigenvalue weighted by atomic mass is 10.2. The number of nitrogens with one attached hydrogen (secondary N) is 1. The second-order valence-electron chi connectivity index (χ2n) is 4.42. The van der Waals surface area contributed by atoms with E-state index >= 15 is 0 Å². The van der Waals surface area contributed by atoms with E-state index in [1.165, 1.54) is 11.4 Å². The zero-order valence-electron chi connectivity index (χ0n) is 10.7. The Morgan fingerprint density at radius 1 is 1.05 bits per heavy atom. The molecule has 0 unspecified atom stereocenters. The van der Waals surface area contributed by atoms with Crippen LogP contribution in [-0.2, 0) is 0 Å². The first kappa shape index (κ1) is 11.9.